The van der Waals surface area contributed by atoms with E-state index in [1.807, 2.05) is 38.1 Å². The summed E-state index contributed by atoms with van der Waals surface area (Å²) in [5.41, 5.74) is 3.73. The first-order chi connectivity index (χ1) is 15.5. The van der Waals surface area contributed by atoms with E-state index in [9.17, 15) is 0 Å². The van der Waals surface area contributed by atoms with Crippen LogP contribution in [0.15, 0.2) is 41.8 Å². The standard InChI is InChI=1S/C25H35N3O4/c1-6-7-12-30-23-15-19(2)24(20(3)16-23)31-13-10-8-9-11-14-32-25-26-17-22(18-27-25)21(4)28-29-5/h6-7,15-18H,8-14H2,1-5H3/b7-6+,28-21+. The summed E-state index contributed by atoms with van der Waals surface area (Å²) < 4.78 is 17.4. The van der Waals surface area contributed by atoms with Gasteiger partial charge >= 0.3 is 6.01 Å². The van der Waals surface area contributed by atoms with Gasteiger partial charge in [-0.1, -0.05) is 17.3 Å². The number of nitrogens with zero attached hydrogens (tertiary/aromatic N) is 3. The van der Waals surface area contributed by atoms with E-state index < -0.39 is 0 Å². The van der Waals surface area contributed by atoms with Gasteiger partial charge in [0.15, 0.2) is 0 Å². The van der Waals surface area contributed by atoms with Gasteiger partial charge in [-0.3, -0.25) is 0 Å². The molecule has 2 rings (SSSR count). The molecule has 0 bridgehead atoms. The molecule has 174 valence electrons. The molecule has 1 heterocycles. The van der Waals surface area contributed by atoms with E-state index in [1.54, 1.807) is 12.4 Å². The zero-order chi connectivity index (χ0) is 23.2. The fraction of sp³-hybridized carbons (Fsp3) is 0.480. The Hall–Kier alpha value is -3.09. The molecule has 0 saturated heterocycles. The van der Waals surface area contributed by atoms with Crippen molar-refractivity contribution in [1.29, 1.82) is 0 Å². The predicted molar refractivity (Wildman–Crippen MR) is 127 cm³/mol. The van der Waals surface area contributed by atoms with E-state index in [1.165, 1.54) is 7.11 Å². The zero-order valence-corrected chi connectivity index (χ0v) is 19.9. The van der Waals surface area contributed by atoms with E-state index in [2.05, 4.69) is 29.0 Å². The van der Waals surface area contributed by atoms with Crippen LogP contribution in [0.25, 0.3) is 0 Å². The number of rotatable bonds is 14. The van der Waals surface area contributed by atoms with Gasteiger partial charge in [-0.05, 0) is 76.6 Å². The molecular weight excluding hydrogens is 406 g/mol. The molecule has 1 aromatic carbocycles. The Balaban J connectivity index is 1.62. The molecular formula is C25H35N3O4. The van der Waals surface area contributed by atoms with Gasteiger partial charge < -0.3 is 19.0 Å². The largest absolute Gasteiger partial charge is 0.493 e. The van der Waals surface area contributed by atoms with Crippen LogP contribution in [0, 0.1) is 13.8 Å². The Bertz CT molecular complexity index is 856. The number of ether oxygens (including phenoxy) is 3. The Kier molecular flexibility index (Phi) is 11.1. The maximum atomic E-state index is 6.03. The number of hydrogen-bond donors (Lipinski definition) is 0. The van der Waals surface area contributed by atoms with Crippen molar-refractivity contribution in [2.24, 2.45) is 5.16 Å². The van der Waals surface area contributed by atoms with Crippen molar-refractivity contribution in [3.05, 3.63) is 53.4 Å². The van der Waals surface area contributed by atoms with Gasteiger partial charge in [0.25, 0.3) is 0 Å². The normalized spacial score (nSPS) is 11.6. The highest BCUT2D eigenvalue weighted by Gasteiger charge is 2.07. The molecule has 1 aromatic heterocycles. The van der Waals surface area contributed by atoms with Crippen LogP contribution < -0.4 is 14.2 Å². The van der Waals surface area contributed by atoms with E-state index >= 15 is 0 Å². The van der Waals surface area contributed by atoms with Crippen molar-refractivity contribution in [2.75, 3.05) is 26.9 Å². The summed E-state index contributed by atoms with van der Waals surface area (Å²) in [6.45, 7) is 9.82. The lowest BCUT2D eigenvalue weighted by Gasteiger charge is -2.14. The summed E-state index contributed by atoms with van der Waals surface area (Å²) in [4.78, 5) is 13.2. The maximum Gasteiger partial charge on any atom is 0.316 e. The van der Waals surface area contributed by atoms with Crippen LogP contribution in [0.3, 0.4) is 0 Å². The van der Waals surface area contributed by atoms with E-state index in [-0.39, 0.29) is 0 Å². The van der Waals surface area contributed by atoms with Crippen molar-refractivity contribution >= 4 is 5.71 Å². The summed E-state index contributed by atoms with van der Waals surface area (Å²) in [5, 5.41) is 3.86. The lowest BCUT2D eigenvalue weighted by molar-refractivity contribution is 0.213. The molecule has 0 N–H and O–H groups in total. The predicted octanol–water partition coefficient (Wildman–Crippen LogP) is 5.44. The van der Waals surface area contributed by atoms with Crippen LogP contribution in [0.5, 0.6) is 17.5 Å². The SMILES string of the molecule is C/C=C/COc1cc(C)c(OCCCCCCOc2ncc(/C(C)=N/OC)cn2)c(C)c1. The highest BCUT2D eigenvalue weighted by atomic mass is 16.6. The smallest absolute Gasteiger partial charge is 0.316 e. The molecule has 2 aromatic rings. The topological polar surface area (TPSA) is 75.1 Å². The number of oxime groups is 1. The van der Waals surface area contributed by atoms with Crippen LogP contribution in [0.2, 0.25) is 0 Å². The number of aromatic nitrogens is 2. The molecule has 0 unspecified atom stereocenters. The molecule has 0 aliphatic carbocycles. The summed E-state index contributed by atoms with van der Waals surface area (Å²) in [6.07, 6.45) is 11.4. The molecule has 0 saturated carbocycles. The second-order valence-electron chi connectivity index (χ2n) is 7.49. The first kappa shape index (κ1) is 25.2. The zero-order valence-electron chi connectivity index (χ0n) is 19.9. The van der Waals surface area contributed by atoms with Crippen LogP contribution in [0.1, 0.15) is 56.2 Å². The van der Waals surface area contributed by atoms with Crippen molar-refractivity contribution < 1.29 is 19.0 Å². The summed E-state index contributed by atoms with van der Waals surface area (Å²) in [7, 11) is 1.51. The molecule has 7 heteroatoms. The Morgan fingerprint density at radius 1 is 0.938 bits per heavy atom. The lowest BCUT2D eigenvalue weighted by atomic mass is 10.1. The highest BCUT2D eigenvalue weighted by molar-refractivity contribution is 5.97. The molecule has 0 radical (unpaired) electrons. The molecule has 0 spiro atoms. The third kappa shape index (κ3) is 8.57. The summed E-state index contributed by atoms with van der Waals surface area (Å²) in [6, 6.07) is 4.44. The first-order valence-corrected chi connectivity index (χ1v) is 11.1. The molecule has 7 nitrogen and oxygen atoms in total. The summed E-state index contributed by atoms with van der Waals surface area (Å²) in [5.74, 6) is 1.83. The fourth-order valence-corrected chi connectivity index (χ4v) is 3.12. The minimum Gasteiger partial charge on any atom is -0.493 e. The number of benzene rings is 1. The van der Waals surface area contributed by atoms with Crippen LogP contribution >= 0.6 is 0 Å². The van der Waals surface area contributed by atoms with Crippen molar-refractivity contribution in [3.8, 4) is 17.5 Å². The minimum atomic E-state index is 0.381. The third-order valence-electron chi connectivity index (χ3n) is 4.81. The number of unbranched alkanes of at least 4 members (excludes halogenated alkanes) is 3. The number of hydrogen-bond acceptors (Lipinski definition) is 7. The van der Waals surface area contributed by atoms with E-state index in [0.29, 0.717) is 25.8 Å². The highest BCUT2D eigenvalue weighted by Crippen LogP contribution is 2.28. The van der Waals surface area contributed by atoms with Crippen molar-refractivity contribution in [1.82, 2.24) is 9.97 Å². The average molecular weight is 442 g/mol. The average Bonchev–Trinajstić information content (AvgIpc) is 2.78. The molecule has 0 amide bonds. The first-order valence-electron chi connectivity index (χ1n) is 11.1. The molecule has 32 heavy (non-hydrogen) atoms. The van der Waals surface area contributed by atoms with Gasteiger partial charge in [-0.2, -0.15) is 0 Å². The third-order valence-corrected chi connectivity index (χ3v) is 4.81. The van der Waals surface area contributed by atoms with E-state index in [0.717, 1.165) is 59.6 Å². The van der Waals surface area contributed by atoms with Crippen LogP contribution in [-0.2, 0) is 4.84 Å². The van der Waals surface area contributed by atoms with Crippen molar-refractivity contribution in [3.63, 3.8) is 0 Å². The molecule has 0 atom stereocenters. The second kappa shape index (κ2) is 14.1. The number of aryl methyl sites for hydroxylation is 2. The van der Waals surface area contributed by atoms with Crippen LogP contribution in [-0.4, -0.2) is 42.6 Å². The molecule has 0 aliphatic rings. The quantitative estimate of drug-likeness (QED) is 0.168. The van der Waals surface area contributed by atoms with Gasteiger partial charge in [-0.25, -0.2) is 9.97 Å². The van der Waals surface area contributed by atoms with Crippen LogP contribution in [0.4, 0.5) is 0 Å². The van der Waals surface area contributed by atoms with Gasteiger partial charge in [0.2, 0.25) is 0 Å². The van der Waals surface area contributed by atoms with Gasteiger partial charge in [0.05, 0.1) is 18.9 Å². The van der Waals surface area contributed by atoms with Gasteiger partial charge in [-0.15, -0.1) is 0 Å². The fourth-order valence-electron chi connectivity index (χ4n) is 3.12. The molecule has 0 fully saturated rings. The van der Waals surface area contributed by atoms with Gasteiger partial charge in [0.1, 0.15) is 25.2 Å². The van der Waals surface area contributed by atoms with Crippen molar-refractivity contribution in [2.45, 2.75) is 53.4 Å². The Morgan fingerprint density at radius 2 is 1.56 bits per heavy atom. The lowest BCUT2D eigenvalue weighted by Crippen LogP contribution is -2.04. The number of allylic oxidation sites excluding steroid dienone is 1. The molecule has 0 aliphatic heterocycles. The Labute approximate surface area is 191 Å². The van der Waals surface area contributed by atoms with Gasteiger partial charge in [0, 0.05) is 18.0 Å². The minimum absolute atomic E-state index is 0.381. The maximum absolute atomic E-state index is 6.03. The Morgan fingerprint density at radius 3 is 2.16 bits per heavy atom. The van der Waals surface area contributed by atoms with E-state index in [4.69, 9.17) is 19.0 Å². The second-order valence-corrected chi connectivity index (χ2v) is 7.49. The summed E-state index contributed by atoms with van der Waals surface area (Å²) >= 11 is 0. The monoisotopic (exact) mass is 441 g/mol.